The molecule has 0 saturated heterocycles. The van der Waals surface area contributed by atoms with E-state index in [1.165, 1.54) is 0 Å². The summed E-state index contributed by atoms with van der Waals surface area (Å²) in [7, 11) is 0. The van der Waals surface area contributed by atoms with Gasteiger partial charge in [-0.15, -0.1) is 0 Å². The van der Waals surface area contributed by atoms with Crippen LogP contribution in [0.1, 0.15) is 60.8 Å². The highest BCUT2D eigenvalue weighted by Gasteiger charge is 2.21. The summed E-state index contributed by atoms with van der Waals surface area (Å²) in [6.07, 6.45) is 2.19. The summed E-state index contributed by atoms with van der Waals surface area (Å²) < 4.78 is 5.04. The molecule has 0 spiro atoms. The Hall–Kier alpha value is -1.10. The molecule has 0 aliphatic carbocycles. The molecule has 1 amide bonds. The van der Waals surface area contributed by atoms with E-state index in [4.69, 9.17) is 4.74 Å². The summed E-state index contributed by atoms with van der Waals surface area (Å²) in [5, 5.41) is 6.07. The van der Waals surface area contributed by atoms with Gasteiger partial charge in [-0.3, -0.25) is 4.79 Å². The highest BCUT2D eigenvalue weighted by atomic mass is 16.5. The molecule has 0 radical (unpaired) electrons. The van der Waals surface area contributed by atoms with Crippen LogP contribution in [0.4, 0.5) is 4.79 Å². The number of carbonyl (C=O) groups excluding carboxylic acids is 2. The first-order valence-electron chi connectivity index (χ1n) is 8.44. The van der Waals surface area contributed by atoms with Gasteiger partial charge in [0.25, 0.3) is 0 Å². The smallest absolute Gasteiger partial charge is 0.407 e. The number of ether oxygens (including phenoxy) is 1. The molecule has 0 fully saturated rings. The van der Waals surface area contributed by atoms with Crippen molar-refractivity contribution in [3.05, 3.63) is 0 Å². The van der Waals surface area contributed by atoms with E-state index in [1.807, 2.05) is 41.5 Å². The second-order valence-electron chi connectivity index (χ2n) is 6.85. The van der Waals surface area contributed by atoms with Gasteiger partial charge in [-0.2, -0.15) is 0 Å². The summed E-state index contributed by atoms with van der Waals surface area (Å²) in [5.41, 5.74) is 0. The highest BCUT2D eigenvalue weighted by molar-refractivity contribution is 5.85. The fourth-order valence-electron chi connectivity index (χ4n) is 2.07. The van der Waals surface area contributed by atoms with Crippen LogP contribution >= 0.6 is 0 Å². The number of amides is 1. The zero-order valence-corrected chi connectivity index (χ0v) is 15.1. The van der Waals surface area contributed by atoms with E-state index in [0.717, 1.165) is 19.3 Å². The van der Waals surface area contributed by atoms with Crippen molar-refractivity contribution in [2.24, 2.45) is 11.8 Å². The van der Waals surface area contributed by atoms with Crippen LogP contribution in [-0.4, -0.2) is 37.1 Å². The van der Waals surface area contributed by atoms with Crippen LogP contribution in [0.3, 0.4) is 0 Å². The molecular formula is C17H34N2O3. The summed E-state index contributed by atoms with van der Waals surface area (Å²) in [6.45, 7) is 13.0. The molecule has 0 aliphatic rings. The molecular weight excluding hydrogens is 280 g/mol. The fourth-order valence-corrected chi connectivity index (χ4v) is 2.07. The minimum Gasteiger partial charge on any atom is -0.449 e. The van der Waals surface area contributed by atoms with E-state index in [0.29, 0.717) is 19.1 Å². The van der Waals surface area contributed by atoms with E-state index < -0.39 is 0 Å². The lowest BCUT2D eigenvalue weighted by molar-refractivity contribution is -0.124. The van der Waals surface area contributed by atoms with Gasteiger partial charge in [-0.05, 0) is 25.2 Å². The van der Waals surface area contributed by atoms with Crippen molar-refractivity contribution in [1.82, 2.24) is 10.6 Å². The Labute approximate surface area is 135 Å². The summed E-state index contributed by atoms with van der Waals surface area (Å²) >= 11 is 0. The Bertz CT molecular complexity index is 328. The molecule has 1 atom stereocenters. The average Bonchev–Trinajstić information content (AvgIpc) is 2.42. The average molecular weight is 314 g/mol. The van der Waals surface area contributed by atoms with Crippen LogP contribution in [0.5, 0.6) is 0 Å². The molecule has 0 rings (SSSR count). The van der Waals surface area contributed by atoms with Crippen molar-refractivity contribution in [3.8, 4) is 0 Å². The number of carbonyl (C=O) groups is 2. The van der Waals surface area contributed by atoms with E-state index in [9.17, 15) is 9.59 Å². The van der Waals surface area contributed by atoms with Crippen LogP contribution in [0.2, 0.25) is 0 Å². The lowest BCUT2D eigenvalue weighted by Crippen LogP contribution is -2.42. The molecule has 0 aromatic rings. The Kier molecular flexibility index (Phi) is 10.9. The molecule has 5 heteroatoms. The Morgan fingerprint density at radius 2 is 1.64 bits per heavy atom. The molecule has 0 heterocycles. The maximum absolute atomic E-state index is 12.1. The molecule has 130 valence electrons. The number of rotatable bonds is 11. The number of alkyl carbamates (subject to hydrolysis) is 1. The Morgan fingerprint density at radius 1 is 1.00 bits per heavy atom. The third kappa shape index (κ3) is 10.6. The third-order valence-corrected chi connectivity index (χ3v) is 3.18. The lowest BCUT2D eigenvalue weighted by atomic mass is 9.96. The SMILES string of the molecule is CC(C)COC(=O)NCCCC[C@H](NC(C)C)C(=O)C(C)C. The normalized spacial score (nSPS) is 12.8. The van der Waals surface area contributed by atoms with Crippen molar-refractivity contribution in [2.45, 2.75) is 72.9 Å². The van der Waals surface area contributed by atoms with E-state index in [-0.39, 0.29) is 29.9 Å². The standard InChI is InChI=1S/C17H34N2O3/c1-12(2)11-22-17(21)18-10-8-7-9-15(19-14(5)6)16(20)13(3)4/h12-15,19H,7-11H2,1-6H3,(H,18,21)/t15-/m0/s1. The molecule has 0 aromatic heterocycles. The minimum atomic E-state index is -0.358. The second-order valence-corrected chi connectivity index (χ2v) is 6.85. The number of nitrogens with one attached hydrogen (secondary N) is 2. The molecule has 0 aromatic carbocycles. The quantitative estimate of drug-likeness (QED) is 0.575. The number of hydrogen-bond donors (Lipinski definition) is 2. The van der Waals surface area contributed by atoms with Crippen LogP contribution in [0.25, 0.3) is 0 Å². The van der Waals surface area contributed by atoms with Gasteiger partial charge in [-0.1, -0.05) is 41.5 Å². The maximum atomic E-state index is 12.1. The summed E-state index contributed by atoms with van der Waals surface area (Å²) in [4.78, 5) is 23.5. The number of Topliss-reactive ketones (excluding diaryl/α,β-unsaturated/α-hetero) is 1. The van der Waals surface area contributed by atoms with E-state index in [2.05, 4.69) is 10.6 Å². The van der Waals surface area contributed by atoms with Crippen LogP contribution in [0.15, 0.2) is 0 Å². The molecule has 2 N–H and O–H groups in total. The molecule has 22 heavy (non-hydrogen) atoms. The van der Waals surface area contributed by atoms with Gasteiger partial charge in [0.2, 0.25) is 0 Å². The van der Waals surface area contributed by atoms with E-state index >= 15 is 0 Å². The van der Waals surface area contributed by atoms with Gasteiger partial charge in [-0.25, -0.2) is 4.79 Å². The van der Waals surface area contributed by atoms with Crippen molar-refractivity contribution in [2.75, 3.05) is 13.2 Å². The Morgan fingerprint density at radius 3 is 2.14 bits per heavy atom. The van der Waals surface area contributed by atoms with Gasteiger partial charge in [0.05, 0.1) is 12.6 Å². The van der Waals surface area contributed by atoms with E-state index in [1.54, 1.807) is 0 Å². The predicted molar refractivity (Wildman–Crippen MR) is 89.9 cm³/mol. The second kappa shape index (κ2) is 11.5. The molecule has 0 bridgehead atoms. The van der Waals surface area contributed by atoms with Gasteiger partial charge >= 0.3 is 6.09 Å². The first-order valence-corrected chi connectivity index (χ1v) is 8.44. The number of ketones is 1. The summed E-state index contributed by atoms with van der Waals surface area (Å²) in [5.74, 6) is 0.647. The van der Waals surface area contributed by atoms with Gasteiger partial charge in [0.15, 0.2) is 5.78 Å². The van der Waals surface area contributed by atoms with Crippen LogP contribution < -0.4 is 10.6 Å². The lowest BCUT2D eigenvalue weighted by Gasteiger charge is -2.22. The van der Waals surface area contributed by atoms with Crippen molar-refractivity contribution in [1.29, 1.82) is 0 Å². The van der Waals surface area contributed by atoms with Crippen molar-refractivity contribution >= 4 is 11.9 Å². The largest absolute Gasteiger partial charge is 0.449 e. The van der Waals surface area contributed by atoms with Crippen LogP contribution in [-0.2, 0) is 9.53 Å². The highest BCUT2D eigenvalue weighted by Crippen LogP contribution is 2.08. The molecule has 0 unspecified atom stereocenters. The van der Waals surface area contributed by atoms with Gasteiger partial charge < -0.3 is 15.4 Å². The number of hydrogen-bond acceptors (Lipinski definition) is 4. The third-order valence-electron chi connectivity index (χ3n) is 3.18. The maximum Gasteiger partial charge on any atom is 0.407 e. The molecule has 0 saturated carbocycles. The summed E-state index contributed by atoms with van der Waals surface area (Å²) in [6, 6.07) is 0.199. The minimum absolute atomic E-state index is 0.0420. The first-order chi connectivity index (χ1) is 10.2. The molecule has 0 aliphatic heterocycles. The zero-order valence-electron chi connectivity index (χ0n) is 15.1. The predicted octanol–water partition coefficient (Wildman–Crippen LogP) is 3.13. The number of unbranched alkanes of at least 4 members (excludes halogenated alkanes) is 1. The van der Waals surface area contributed by atoms with Crippen LogP contribution in [0, 0.1) is 11.8 Å². The van der Waals surface area contributed by atoms with Crippen molar-refractivity contribution in [3.63, 3.8) is 0 Å². The van der Waals surface area contributed by atoms with Gasteiger partial charge in [0, 0.05) is 18.5 Å². The molecule has 5 nitrogen and oxygen atoms in total. The first kappa shape index (κ1) is 20.9. The fraction of sp³-hybridized carbons (Fsp3) is 0.882. The van der Waals surface area contributed by atoms with Crippen molar-refractivity contribution < 1.29 is 14.3 Å². The topological polar surface area (TPSA) is 67.4 Å². The van der Waals surface area contributed by atoms with Gasteiger partial charge in [0.1, 0.15) is 0 Å². The zero-order chi connectivity index (χ0) is 17.1. The monoisotopic (exact) mass is 314 g/mol. The Balaban J connectivity index is 3.93.